The highest BCUT2D eigenvalue weighted by molar-refractivity contribution is 6.76. The van der Waals surface area contributed by atoms with Gasteiger partial charge in [0, 0.05) is 14.1 Å². The van der Waals surface area contributed by atoms with Crippen molar-refractivity contribution < 1.29 is 0 Å². The van der Waals surface area contributed by atoms with Gasteiger partial charge in [-0.2, -0.15) is 0 Å². The predicted octanol–water partition coefficient (Wildman–Crippen LogP) is 4.57. The van der Waals surface area contributed by atoms with Crippen molar-refractivity contribution >= 4 is 14.1 Å². The zero-order chi connectivity index (χ0) is 14.6. The molecule has 1 fully saturated rings. The van der Waals surface area contributed by atoms with Gasteiger partial charge in [-0.05, 0) is 30.5 Å². The van der Waals surface area contributed by atoms with Gasteiger partial charge in [-0.1, -0.05) is 74.3 Å². The number of benzene rings is 1. The molecule has 1 heterocycles. The number of hydrogen-bond acceptors (Lipinski definition) is 1. The minimum absolute atomic E-state index is 0.457. The number of hydrogen-bond donors (Lipinski definition) is 1. The molecule has 2 rings (SSSR count). The summed E-state index contributed by atoms with van der Waals surface area (Å²) < 4.78 is 0. The molecule has 0 unspecified atom stereocenters. The molecule has 0 saturated carbocycles. The zero-order valence-corrected chi connectivity index (χ0v) is 14.0. The Hall–Kier alpha value is -1.12. The second-order valence-corrected chi connectivity index (χ2v) is 12.5. The van der Waals surface area contributed by atoms with Crippen molar-refractivity contribution in [3.63, 3.8) is 0 Å². The smallest absolute Gasteiger partial charge is 0.0483 e. The fraction of sp³-hybridized carbons (Fsp3) is 0.444. The lowest BCUT2D eigenvalue weighted by molar-refractivity contribution is 0.589. The third kappa shape index (κ3) is 4.46. The highest BCUT2D eigenvalue weighted by Crippen LogP contribution is 2.30. The first-order chi connectivity index (χ1) is 9.46. The maximum Gasteiger partial charge on any atom is 0.0483 e. The van der Waals surface area contributed by atoms with Crippen LogP contribution in [0.5, 0.6) is 0 Å². The van der Waals surface area contributed by atoms with Gasteiger partial charge in [0.05, 0.1) is 0 Å². The van der Waals surface area contributed by atoms with Gasteiger partial charge in [0.25, 0.3) is 0 Å². The molecule has 0 spiro atoms. The van der Waals surface area contributed by atoms with Crippen molar-refractivity contribution in [1.82, 2.24) is 5.32 Å². The van der Waals surface area contributed by atoms with E-state index in [2.05, 4.69) is 74.0 Å². The van der Waals surface area contributed by atoms with Crippen molar-refractivity contribution in [3.05, 3.63) is 54.1 Å². The van der Waals surface area contributed by atoms with Crippen LogP contribution in [-0.4, -0.2) is 20.7 Å². The second-order valence-electron chi connectivity index (χ2n) is 7.04. The molecule has 1 aliphatic rings. The van der Waals surface area contributed by atoms with Crippen LogP contribution >= 0.6 is 0 Å². The second kappa shape index (κ2) is 6.55. The van der Waals surface area contributed by atoms with Crippen LogP contribution in [-0.2, 0) is 0 Å². The molecule has 2 heteroatoms. The van der Waals surface area contributed by atoms with Gasteiger partial charge in [0.2, 0.25) is 0 Å². The molecule has 0 aromatic heterocycles. The normalized spacial score (nSPS) is 23.4. The van der Waals surface area contributed by atoms with E-state index in [1.54, 1.807) is 0 Å². The zero-order valence-electron chi connectivity index (χ0n) is 13.0. The first-order valence-corrected chi connectivity index (χ1v) is 11.3. The first-order valence-electron chi connectivity index (χ1n) is 7.60. The fourth-order valence-electron chi connectivity index (χ4n) is 2.98. The summed E-state index contributed by atoms with van der Waals surface area (Å²) in [4.78, 5) is 0. The van der Waals surface area contributed by atoms with Crippen LogP contribution in [0.15, 0.2) is 48.6 Å². The molecular weight excluding hydrogens is 258 g/mol. The molecule has 1 saturated heterocycles. The Labute approximate surface area is 124 Å². The Bertz CT molecular complexity index is 470. The summed E-state index contributed by atoms with van der Waals surface area (Å²) in [7, 11) is -1.06. The van der Waals surface area contributed by atoms with Crippen LogP contribution in [0.4, 0.5) is 0 Å². The van der Waals surface area contributed by atoms with Gasteiger partial charge in [-0.15, -0.1) is 0 Å². The van der Waals surface area contributed by atoms with E-state index in [0.717, 1.165) is 6.54 Å². The molecular formula is C18H27NSi. The third-order valence-electron chi connectivity index (χ3n) is 3.85. The lowest BCUT2D eigenvalue weighted by atomic mass is 9.93. The summed E-state index contributed by atoms with van der Waals surface area (Å²) in [5.74, 6) is 0.613. The van der Waals surface area contributed by atoms with E-state index in [-0.39, 0.29) is 0 Å². The number of rotatable bonds is 5. The molecule has 1 aliphatic heterocycles. The molecule has 20 heavy (non-hydrogen) atoms. The maximum absolute atomic E-state index is 4.39. The van der Waals surface area contributed by atoms with Crippen LogP contribution < -0.4 is 5.32 Å². The lowest BCUT2D eigenvalue weighted by Gasteiger charge is -2.24. The van der Waals surface area contributed by atoms with Gasteiger partial charge < -0.3 is 5.32 Å². The largest absolute Gasteiger partial charge is 0.310 e. The summed E-state index contributed by atoms with van der Waals surface area (Å²) in [5.41, 5.74) is 2.73. The monoisotopic (exact) mass is 285 g/mol. The molecule has 1 nitrogen and oxygen atoms in total. The Morgan fingerprint density at radius 2 is 2.00 bits per heavy atom. The van der Waals surface area contributed by atoms with Crippen molar-refractivity contribution in [2.24, 2.45) is 5.92 Å². The molecule has 0 aliphatic carbocycles. The van der Waals surface area contributed by atoms with Gasteiger partial charge in [0.15, 0.2) is 0 Å². The molecule has 108 valence electrons. The fourth-order valence-corrected chi connectivity index (χ4v) is 4.60. The van der Waals surface area contributed by atoms with E-state index < -0.39 is 8.07 Å². The average molecular weight is 286 g/mol. The number of nitrogens with one attached hydrogen (secondary N) is 1. The van der Waals surface area contributed by atoms with Gasteiger partial charge >= 0.3 is 0 Å². The highest BCUT2D eigenvalue weighted by Gasteiger charge is 2.29. The summed E-state index contributed by atoms with van der Waals surface area (Å²) in [6.45, 7) is 12.8. The standard InChI is InChI=1S/C18H27NSi/c1-15(14-20(2,3)4)17-12-13-19-18(17)11-10-16-8-6-5-7-9-16/h5-11,17-19H,1,12-14H2,2-4H3/b11-10+/t17-,18+/m0/s1. The van der Waals surface area contributed by atoms with E-state index in [1.165, 1.54) is 23.6 Å². The van der Waals surface area contributed by atoms with Crippen LogP contribution in [0.3, 0.4) is 0 Å². The van der Waals surface area contributed by atoms with Gasteiger partial charge in [-0.25, -0.2) is 0 Å². The average Bonchev–Trinajstić information content (AvgIpc) is 2.84. The van der Waals surface area contributed by atoms with Crippen molar-refractivity contribution in [1.29, 1.82) is 0 Å². The first kappa shape index (κ1) is 15.3. The lowest BCUT2D eigenvalue weighted by Crippen LogP contribution is -2.28. The molecule has 1 aromatic carbocycles. The molecule has 0 radical (unpaired) electrons. The van der Waals surface area contributed by atoms with Crippen LogP contribution in [0, 0.1) is 5.92 Å². The summed E-state index contributed by atoms with van der Waals surface area (Å²) >= 11 is 0. The minimum Gasteiger partial charge on any atom is -0.310 e. The predicted molar refractivity (Wildman–Crippen MR) is 92.7 cm³/mol. The van der Waals surface area contributed by atoms with Gasteiger partial charge in [-0.3, -0.25) is 0 Å². The van der Waals surface area contributed by atoms with E-state index in [9.17, 15) is 0 Å². The van der Waals surface area contributed by atoms with E-state index in [0.29, 0.717) is 12.0 Å². The van der Waals surface area contributed by atoms with E-state index in [1.807, 2.05) is 0 Å². The van der Waals surface area contributed by atoms with E-state index in [4.69, 9.17) is 0 Å². The SMILES string of the molecule is C=C(C[Si](C)(C)C)[C@@H]1CCN[C@@H]1/C=C/c1ccccc1. The Morgan fingerprint density at radius 3 is 2.65 bits per heavy atom. The van der Waals surface area contributed by atoms with Crippen LogP contribution in [0.2, 0.25) is 25.7 Å². The minimum atomic E-state index is -1.06. The summed E-state index contributed by atoms with van der Waals surface area (Å²) in [6, 6.07) is 12.2. The highest BCUT2D eigenvalue weighted by atomic mass is 28.3. The van der Waals surface area contributed by atoms with Crippen molar-refractivity contribution in [2.45, 2.75) is 38.1 Å². The van der Waals surface area contributed by atoms with E-state index >= 15 is 0 Å². The van der Waals surface area contributed by atoms with Crippen molar-refractivity contribution in [2.75, 3.05) is 6.54 Å². The Balaban J connectivity index is 2.01. The molecule has 0 bridgehead atoms. The summed E-state index contributed by atoms with van der Waals surface area (Å²) in [5, 5.41) is 3.61. The Kier molecular flexibility index (Phi) is 5.00. The van der Waals surface area contributed by atoms with Crippen molar-refractivity contribution in [3.8, 4) is 0 Å². The van der Waals surface area contributed by atoms with Crippen LogP contribution in [0.1, 0.15) is 12.0 Å². The molecule has 0 amide bonds. The molecule has 1 aromatic rings. The third-order valence-corrected chi connectivity index (χ3v) is 5.36. The quantitative estimate of drug-likeness (QED) is 0.617. The van der Waals surface area contributed by atoms with Crippen LogP contribution in [0.25, 0.3) is 6.08 Å². The molecule has 1 N–H and O–H groups in total. The van der Waals surface area contributed by atoms with Gasteiger partial charge in [0.1, 0.15) is 0 Å². The summed E-state index contributed by atoms with van der Waals surface area (Å²) in [6.07, 6.45) is 5.79. The topological polar surface area (TPSA) is 12.0 Å². The maximum atomic E-state index is 4.39. The Morgan fingerprint density at radius 1 is 1.30 bits per heavy atom. The molecule has 2 atom stereocenters.